The average molecular weight is 365 g/mol. The fourth-order valence-electron chi connectivity index (χ4n) is 4.70. The minimum atomic E-state index is -1.03. The van der Waals surface area contributed by atoms with Crippen LogP contribution in [0.25, 0.3) is 0 Å². The van der Waals surface area contributed by atoms with Crippen LogP contribution in [-0.4, -0.2) is 37.2 Å². The normalized spacial score (nSPS) is 23.8. The molecule has 0 bridgehead atoms. The van der Waals surface area contributed by atoms with Gasteiger partial charge in [-0.1, -0.05) is 0 Å². The first-order chi connectivity index (χ1) is 13.1. The van der Waals surface area contributed by atoms with Gasteiger partial charge in [0.05, 0.1) is 5.56 Å². The number of carbonyl (C=O) groups is 2. The molecule has 0 radical (unpaired) electrons. The van der Waals surface area contributed by atoms with E-state index in [-0.39, 0.29) is 30.8 Å². The molecule has 0 saturated carbocycles. The number of nitrogens with zero attached hydrogens (tertiary/aromatic N) is 1. The summed E-state index contributed by atoms with van der Waals surface area (Å²) in [5, 5.41) is 0. The van der Waals surface area contributed by atoms with Gasteiger partial charge in [-0.25, -0.2) is 0 Å². The average Bonchev–Trinajstić information content (AvgIpc) is 3.40. The highest BCUT2D eigenvalue weighted by atomic mass is 16.7. The summed E-state index contributed by atoms with van der Waals surface area (Å²) in [6.07, 6.45) is 1.22. The Morgan fingerprint density at radius 1 is 0.963 bits per heavy atom. The van der Waals surface area contributed by atoms with Crippen LogP contribution in [0.5, 0.6) is 23.0 Å². The molecule has 2 aromatic rings. The number of rotatable bonds is 0. The van der Waals surface area contributed by atoms with Crippen LogP contribution in [0.1, 0.15) is 38.3 Å². The molecule has 0 N–H and O–H groups in total. The third-order valence-electron chi connectivity index (χ3n) is 6.05. The van der Waals surface area contributed by atoms with Gasteiger partial charge in [0.1, 0.15) is 5.54 Å². The molecule has 3 heterocycles. The number of benzene rings is 2. The van der Waals surface area contributed by atoms with Gasteiger partial charge in [0.25, 0.3) is 5.91 Å². The van der Waals surface area contributed by atoms with Crippen molar-refractivity contribution in [2.45, 2.75) is 18.4 Å². The molecule has 1 atom stereocenters. The fraction of sp³-hybridized carbons (Fsp3) is 0.300. The molecular weight excluding hydrogens is 350 g/mol. The molecule has 1 spiro atoms. The quantitative estimate of drug-likeness (QED) is 0.713. The van der Waals surface area contributed by atoms with Crippen molar-refractivity contribution in [3.05, 3.63) is 46.5 Å². The minimum Gasteiger partial charge on any atom is -0.454 e. The summed E-state index contributed by atoms with van der Waals surface area (Å²) in [5.41, 5.74) is 1.46. The van der Waals surface area contributed by atoms with Gasteiger partial charge in [0.15, 0.2) is 28.8 Å². The highest BCUT2D eigenvalue weighted by Crippen LogP contribution is 2.52. The summed E-state index contributed by atoms with van der Waals surface area (Å²) < 4.78 is 21.8. The van der Waals surface area contributed by atoms with E-state index in [1.54, 1.807) is 24.1 Å². The van der Waals surface area contributed by atoms with Crippen LogP contribution in [0, 0.1) is 0 Å². The third-order valence-corrected chi connectivity index (χ3v) is 6.05. The lowest BCUT2D eigenvalue weighted by Crippen LogP contribution is -2.55. The molecule has 6 rings (SSSR count). The van der Waals surface area contributed by atoms with Gasteiger partial charge in [-0.2, -0.15) is 0 Å². The lowest BCUT2D eigenvalue weighted by molar-refractivity contribution is 0.0424. The largest absolute Gasteiger partial charge is 0.454 e. The van der Waals surface area contributed by atoms with E-state index >= 15 is 0 Å². The monoisotopic (exact) mass is 365 g/mol. The minimum absolute atomic E-state index is 0.0500. The van der Waals surface area contributed by atoms with Crippen molar-refractivity contribution in [3.8, 4) is 23.0 Å². The molecule has 0 saturated heterocycles. The topological polar surface area (TPSA) is 74.3 Å². The maximum atomic E-state index is 13.7. The first-order valence-electron chi connectivity index (χ1n) is 8.80. The number of hydrogen-bond acceptors (Lipinski definition) is 6. The van der Waals surface area contributed by atoms with Gasteiger partial charge in [0.2, 0.25) is 13.6 Å². The lowest BCUT2D eigenvalue weighted by Gasteiger charge is -2.42. The molecule has 0 unspecified atom stereocenters. The number of amides is 1. The van der Waals surface area contributed by atoms with Gasteiger partial charge in [-0.3, -0.25) is 9.59 Å². The predicted molar refractivity (Wildman–Crippen MR) is 91.6 cm³/mol. The Kier molecular flexibility index (Phi) is 2.61. The van der Waals surface area contributed by atoms with Crippen molar-refractivity contribution >= 4 is 11.7 Å². The van der Waals surface area contributed by atoms with Crippen LogP contribution in [0.15, 0.2) is 24.3 Å². The summed E-state index contributed by atoms with van der Waals surface area (Å²) in [5.74, 6) is 1.81. The van der Waals surface area contributed by atoms with Crippen LogP contribution in [-0.2, 0) is 12.0 Å². The van der Waals surface area contributed by atoms with Crippen LogP contribution in [0.3, 0.4) is 0 Å². The summed E-state index contributed by atoms with van der Waals surface area (Å²) >= 11 is 0. The fourth-order valence-corrected chi connectivity index (χ4v) is 4.70. The number of fused-ring (bicyclic) bond motifs is 6. The molecule has 0 fully saturated rings. The second-order valence-electron chi connectivity index (χ2n) is 7.14. The third kappa shape index (κ3) is 1.63. The molecule has 3 aliphatic heterocycles. The number of ether oxygens (including phenoxy) is 4. The van der Waals surface area contributed by atoms with E-state index in [1.807, 2.05) is 12.1 Å². The van der Waals surface area contributed by atoms with Crippen molar-refractivity contribution in [1.29, 1.82) is 0 Å². The van der Waals surface area contributed by atoms with E-state index in [0.29, 0.717) is 41.4 Å². The van der Waals surface area contributed by atoms with Crippen molar-refractivity contribution in [2.24, 2.45) is 0 Å². The smallest absolute Gasteiger partial charge is 0.259 e. The second kappa shape index (κ2) is 4.73. The summed E-state index contributed by atoms with van der Waals surface area (Å²) in [6, 6.07) is 7.14. The Labute approximate surface area is 154 Å². The Bertz CT molecular complexity index is 1060. The van der Waals surface area contributed by atoms with Crippen LogP contribution in [0.4, 0.5) is 0 Å². The number of carbonyl (C=O) groups excluding carboxylic acids is 2. The van der Waals surface area contributed by atoms with E-state index < -0.39 is 5.54 Å². The molecule has 2 aromatic carbocycles. The Hall–Kier alpha value is -3.22. The van der Waals surface area contributed by atoms with Crippen LogP contribution in [0.2, 0.25) is 0 Å². The lowest BCUT2D eigenvalue weighted by atomic mass is 9.77. The second-order valence-corrected chi connectivity index (χ2v) is 7.14. The molecule has 0 aromatic heterocycles. The number of aryl methyl sites for hydroxylation is 1. The van der Waals surface area contributed by atoms with Gasteiger partial charge in [-0.05, 0) is 48.2 Å². The molecule has 27 heavy (non-hydrogen) atoms. The van der Waals surface area contributed by atoms with E-state index in [4.69, 9.17) is 18.9 Å². The van der Waals surface area contributed by atoms with Gasteiger partial charge >= 0.3 is 0 Å². The van der Waals surface area contributed by atoms with Crippen LogP contribution >= 0.6 is 0 Å². The number of likely N-dealkylation sites (N-methyl/N-ethyl adjacent to an activating group) is 1. The number of ketones is 1. The van der Waals surface area contributed by atoms with E-state index in [2.05, 4.69) is 0 Å². The predicted octanol–water partition coefficient (Wildman–Crippen LogP) is 2.25. The zero-order chi connectivity index (χ0) is 18.3. The zero-order valence-electron chi connectivity index (χ0n) is 14.5. The Balaban J connectivity index is 1.59. The van der Waals surface area contributed by atoms with E-state index in [0.717, 1.165) is 11.1 Å². The van der Waals surface area contributed by atoms with Crippen molar-refractivity contribution in [2.75, 3.05) is 20.6 Å². The molecule has 1 amide bonds. The summed E-state index contributed by atoms with van der Waals surface area (Å²) in [4.78, 5) is 28.6. The molecule has 7 nitrogen and oxygen atoms in total. The summed E-state index contributed by atoms with van der Waals surface area (Å²) in [6.45, 7) is 0.217. The maximum Gasteiger partial charge on any atom is 0.259 e. The molecule has 4 aliphatic rings. The van der Waals surface area contributed by atoms with Gasteiger partial charge in [-0.15, -0.1) is 0 Å². The standard InChI is InChI=1S/C20H15NO6/c1-21-19(23)16-11(2-3-13-17(16)27-9-24-13)18(22)20(21)5-4-10-6-14-15(7-12(10)20)26-8-25-14/h2-3,6-7H,4-5,8-9H2,1H3/t20-/m1/s1. The van der Waals surface area contributed by atoms with Gasteiger partial charge in [0, 0.05) is 12.6 Å². The highest BCUT2D eigenvalue weighted by Gasteiger charge is 2.56. The van der Waals surface area contributed by atoms with Crippen molar-refractivity contribution in [3.63, 3.8) is 0 Å². The number of Topliss-reactive ketones (excluding diaryl/α,β-unsaturated/α-hetero) is 1. The number of hydrogen-bond donors (Lipinski definition) is 0. The molecule has 136 valence electrons. The van der Waals surface area contributed by atoms with Crippen LogP contribution < -0.4 is 18.9 Å². The zero-order valence-corrected chi connectivity index (χ0v) is 14.5. The Morgan fingerprint density at radius 3 is 2.56 bits per heavy atom. The molecule has 7 heteroatoms. The van der Waals surface area contributed by atoms with Crippen molar-refractivity contribution < 1.29 is 28.5 Å². The van der Waals surface area contributed by atoms with E-state index in [1.165, 1.54) is 0 Å². The Morgan fingerprint density at radius 2 is 1.70 bits per heavy atom. The SMILES string of the molecule is CN1C(=O)c2c(ccc3c2OCO3)C(=O)[C@]12CCc1cc3c(cc12)OCO3. The molecular formula is C20H15NO6. The first kappa shape index (κ1) is 14.9. The van der Waals surface area contributed by atoms with Crippen molar-refractivity contribution in [1.82, 2.24) is 4.90 Å². The molecule has 1 aliphatic carbocycles. The summed E-state index contributed by atoms with van der Waals surface area (Å²) in [7, 11) is 1.68. The van der Waals surface area contributed by atoms with Gasteiger partial charge < -0.3 is 23.8 Å². The maximum absolute atomic E-state index is 13.7. The first-order valence-corrected chi connectivity index (χ1v) is 8.80. The van der Waals surface area contributed by atoms with E-state index in [9.17, 15) is 9.59 Å². The highest BCUT2D eigenvalue weighted by molar-refractivity contribution is 6.19.